The van der Waals surface area contributed by atoms with Gasteiger partial charge in [-0.2, -0.15) is 0 Å². The summed E-state index contributed by atoms with van der Waals surface area (Å²) in [5.41, 5.74) is 0.767. The second kappa shape index (κ2) is 13.3. The zero-order valence-electron chi connectivity index (χ0n) is 14.5. The topological polar surface area (TPSA) is 84.0 Å². The molecule has 0 aliphatic rings. The minimum Gasteiger partial charge on any atom is -0.382 e. The Morgan fingerprint density at radius 3 is 2.62 bits per heavy atom. The van der Waals surface area contributed by atoms with E-state index in [-0.39, 0.29) is 12.5 Å². The minimum absolute atomic E-state index is 0.0641. The van der Waals surface area contributed by atoms with Crippen LogP contribution >= 0.6 is 0 Å². The molecule has 0 unspecified atom stereocenters. The molecule has 1 amide bonds. The van der Waals surface area contributed by atoms with Crippen LogP contribution in [0.4, 0.5) is 5.69 Å². The van der Waals surface area contributed by atoms with E-state index in [1.807, 2.05) is 37.3 Å². The second-order valence-corrected chi connectivity index (χ2v) is 4.99. The minimum atomic E-state index is -0.152. The van der Waals surface area contributed by atoms with Gasteiger partial charge in [0.25, 0.3) is 0 Å². The number of amides is 1. The standard InChI is InChI=1S/C17H28N4O3/c1-3-18-17(19-10-7-11-24-13-12-23-2)20-14-16(22)21-15-8-5-4-6-9-15/h4-6,8-9H,3,7,10-14H2,1-2H3,(H,21,22)(H2,18,19,20). The summed E-state index contributed by atoms with van der Waals surface area (Å²) >= 11 is 0. The van der Waals surface area contributed by atoms with Gasteiger partial charge in [-0.05, 0) is 25.5 Å². The van der Waals surface area contributed by atoms with Crippen molar-refractivity contribution in [1.29, 1.82) is 0 Å². The van der Waals surface area contributed by atoms with Gasteiger partial charge in [0.15, 0.2) is 5.96 Å². The van der Waals surface area contributed by atoms with Crippen LogP contribution in [0, 0.1) is 0 Å². The Hall–Kier alpha value is -2.12. The van der Waals surface area contributed by atoms with Gasteiger partial charge in [0.05, 0.1) is 13.2 Å². The number of hydrogen-bond acceptors (Lipinski definition) is 4. The molecule has 1 rings (SSSR count). The number of methoxy groups -OCH3 is 1. The molecular weight excluding hydrogens is 308 g/mol. The Labute approximate surface area is 143 Å². The molecule has 3 N–H and O–H groups in total. The van der Waals surface area contributed by atoms with Crippen molar-refractivity contribution in [1.82, 2.24) is 10.6 Å². The van der Waals surface area contributed by atoms with Crippen LogP contribution < -0.4 is 16.0 Å². The van der Waals surface area contributed by atoms with E-state index in [1.54, 1.807) is 7.11 Å². The summed E-state index contributed by atoms with van der Waals surface area (Å²) in [7, 11) is 1.65. The fraction of sp³-hybridized carbons (Fsp3) is 0.529. The third-order valence-electron chi connectivity index (χ3n) is 2.97. The van der Waals surface area contributed by atoms with Crippen molar-refractivity contribution in [3.8, 4) is 0 Å². The number of guanidine groups is 1. The number of anilines is 1. The zero-order valence-corrected chi connectivity index (χ0v) is 14.5. The summed E-state index contributed by atoms with van der Waals surface area (Å²) in [6.07, 6.45) is 0.852. The van der Waals surface area contributed by atoms with Crippen LogP contribution in [0.5, 0.6) is 0 Å². The van der Waals surface area contributed by atoms with Crippen molar-refractivity contribution in [3.05, 3.63) is 30.3 Å². The molecular formula is C17H28N4O3. The predicted molar refractivity (Wildman–Crippen MR) is 96.4 cm³/mol. The lowest BCUT2D eigenvalue weighted by Gasteiger charge is -2.11. The van der Waals surface area contributed by atoms with E-state index >= 15 is 0 Å². The molecule has 0 aromatic heterocycles. The summed E-state index contributed by atoms with van der Waals surface area (Å²) < 4.78 is 10.3. The van der Waals surface area contributed by atoms with E-state index in [2.05, 4.69) is 20.9 Å². The molecule has 0 saturated heterocycles. The molecule has 0 aliphatic carbocycles. The van der Waals surface area contributed by atoms with E-state index in [9.17, 15) is 4.79 Å². The predicted octanol–water partition coefficient (Wildman–Crippen LogP) is 1.23. The molecule has 7 nitrogen and oxygen atoms in total. The molecule has 0 spiro atoms. The number of hydrogen-bond donors (Lipinski definition) is 3. The highest BCUT2D eigenvalue weighted by atomic mass is 16.5. The van der Waals surface area contributed by atoms with E-state index in [0.29, 0.717) is 25.8 Å². The number of carbonyl (C=O) groups excluding carboxylic acids is 1. The first-order chi connectivity index (χ1) is 11.8. The Morgan fingerprint density at radius 2 is 1.92 bits per heavy atom. The summed E-state index contributed by atoms with van der Waals surface area (Å²) in [6, 6.07) is 9.34. The third kappa shape index (κ3) is 9.81. The first kappa shape index (κ1) is 19.9. The lowest BCUT2D eigenvalue weighted by molar-refractivity contribution is -0.114. The van der Waals surface area contributed by atoms with Crippen LogP contribution in [0.15, 0.2) is 35.3 Å². The molecule has 0 radical (unpaired) electrons. The van der Waals surface area contributed by atoms with Crippen molar-refractivity contribution >= 4 is 17.6 Å². The number of aliphatic imine (C=N–C) groups is 1. The zero-order chi connectivity index (χ0) is 17.5. The van der Waals surface area contributed by atoms with E-state index in [4.69, 9.17) is 9.47 Å². The summed E-state index contributed by atoms with van der Waals surface area (Å²) in [5, 5.41) is 9.09. The number of rotatable bonds is 11. The van der Waals surface area contributed by atoms with E-state index in [0.717, 1.165) is 25.2 Å². The fourth-order valence-electron chi connectivity index (χ4n) is 1.84. The molecule has 0 aliphatic heterocycles. The molecule has 134 valence electrons. The van der Waals surface area contributed by atoms with Crippen molar-refractivity contribution in [2.45, 2.75) is 13.3 Å². The number of benzene rings is 1. The van der Waals surface area contributed by atoms with Crippen molar-refractivity contribution in [3.63, 3.8) is 0 Å². The van der Waals surface area contributed by atoms with Gasteiger partial charge in [0.2, 0.25) is 5.91 Å². The van der Waals surface area contributed by atoms with Gasteiger partial charge >= 0.3 is 0 Å². The molecule has 7 heteroatoms. The van der Waals surface area contributed by atoms with Crippen molar-refractivity contribution < 1.29 is 14.3 Å². The Morgan fingerprint density at radius 1 is 1.12 bits per heavy atom. The van der Waals surface area contributed by atoms with Gasteiger partial charge in [0.1, 0.15) is 6.54 Å². The highest BCUT2D eigenvalue weighted by Gasteiger charge is 2.02. The van der Waals surface area contributed by atoms with Crippen LogP contribution in [0.25, 0.3) is 0 Å². The Balaban J connectivity index is 2.27. The molecule has 24 heavy (non-hydrogen) atoms. The van der Waals surface area contributed by atoms with E-state index < -0.39 is 0 Å². The highest BCUT2D eigenvalue weighted by molar-refractivity contribution is 5.94. The van der Waals surface area contributed by atoms with Gasteiger partial charge in [-0.15, -0.1) is 0 Å². The van der Waals surface area contributed by atoms with Gasteiger partial charge < -0.3 is 25.4 Å². The Bertz CT molecular complexity index is 480. The number of nitrogens with zero attached hydrogens (tertiary/aromatic N) is 1. The number of carbonyl (C=O) groups is 1. The highest BCUT2D eigenvalue weighted by Crippen LogP contribution is 2.04. The van der Waals surface area contributed by atoms with Crippen molar-refractivity contribution in [2.24, 2.45) is 4.99 Å². The molecule has 0 fully saturated rings. The first-order valence-corrected chi connectivity index (χ1v) is 8.20. The largest absolute Gasteiger partial charge is 0.382 e. The van der Waals surface area contributed by atoms with Crippen LogP contribution in [-0.2, 0) is 14.3 Å². The Kier molecular flexibility index (Phi) is 11.1. The third-order valence-corrected chi connectivity index (χ3v) is 2.97. The normalized spacial score (nSPS) is 11.2. The quantitative estimate of drug-likeness (QED) is 0.322. The van der Waals surface area contributed by atoms with Gasteiger partial charge in [0, 0.05) is 32.5 Å². The molecule has 1 aromatic rings. The van der Waals surface area contributed by atoms with Crippen LogP contribution in [0.2, 0.25) is 0 Å². The molecule has 0 atom stereocenters. The monoisotopic (exact) mass is 336 g/mol. The second-order valence-electron chi connectivity index (χ2n) is 4.99. The first-order valence-electron chi connectivity index (χ1n) is 8.20. The van der Waals surface area contributed by atoms with Crippen LogP contribution in [0.3, 0.4) is 0 Å². The number of para-hydroxylation sites is 1. The average molecular weight is 336 g/mol. The van der Waals surface area contributed by atoms with E-state index in [1.165, 1.54) is 0 Å². The maximum Gasteiger partial charge on any atom is 0.246 e. The number of nitrogens with one attached hydrogen (secondary N) is 3. The van der Waals surface area contributed by atoms with Gasteiger partial charge in [-0.3, -0.25) is 4.79 Å². The number of ether oxygens (including phenoxy) is 2. The van der Waals surface area contributed by atoms with Crippen LogP contribution in [0.1, 0.15) is 13.3 Å². The van der Waals surface area contributed by atoms with Gasteiger partial charge in [-0.1, -0.05) is 18.2 Å². The maximum absolute atomic E-state index is 11.9. The lowest BCUT2D eigenvalue weighted by atomic mass is 10.3. The lowest BCUT2D eigenvalue weighted by Crippen LogP contribution is -2.38. The van der Waals surface area contributed by atoms with Crippen LogP contribution in [-0.4, -0.2) is 58.4 Å². The average Bonchev–Trinajstić information content (AvgIpc) is 2.59. The molecule has 0 bridgehead atoms. The molecule has 0 saturated carbocycles. The smallest absolute Gasteiger partial charge is 0.246 e. The summed E-state index contributed by atoms with van der Waals surface area (Å²) in [4.78, 5) is 16.2. The molecule has 0 heterocycles. The maximum atomic E-state index is 11.9. The fourth-order valence-corrected chi connectivity index (χ4v) is 1.84. The SMILES string of the molecule is CCNC(=NCC(=O)Nc1ccccc1)NCCCOCCOC. The molecule has 1 aromatic carbocycles. The summed E-state index contributed by atoms with van der Waals surface area (Å²) in [5.74, 6) is 0.471. The van der Waals surface area contributed by atoms with Crippen molar-refractivity contribution in [2.75, 3.05) is 51.9 Å². The van der Waals surface area contributed by atoms with Gasteiger partial charge in [-0.25, -0.2) is 4.99 Å². The summed E-state index contributed by atoms with van der Waals surface area (Å²) in [6.45, 7) is 5.36.